The number of benzene rings is 1. The van der Waals surface area contributed by atoms with E-state index in [0.29, 0.717) is 36.2 Å². The highest BCUT2D eigenvalue weighted by atomic mass is 32.2. The van der Waals surface area contributed by atoms with Crippen molar-refractivity contribution < 1.29 is 13.5 Å². The molecule has 1 fully saturated rings. The number of aliphatic hydroxyl groups excluding tert-OH is 1. The summed E-state index contributed by atoms with van der Waals surface area (Å²) >= 11 is 0. The zero-order valence-electron chi connectivity index (χ0n) is 12.1. The first-order chi connectivity index (χ1) is 9.22. The van der Waals surface area contributed by atoms with E-state index in [2.05, 4.69) is 4.72 Å². The van der Waals surface area contributed by atoms with Gasteiger partial charge < -0.3 is 10.8 Å². The van der Waals surface area contributed by atoms with Crippen LogP contribution < -0.4 is 10.5 Å². The standard InChI is InChI=1S/C14H22N2O3S/c1-8-4-9(2)14(10(3)13(8)15)20(18,19)16-7-11-5-12(17)6-11/h4,11-12,16-17H,5-7,15H2,1-3H3. The van der Waals surface area contributed by atoms with E-state index in [0.717, 1.165) is 5.56 Å². The van der Waals surface area contributed by atoms with Crippen LogP contribution in [0, 0.1) is 26.7 Å². The lowest BCUT2D eigenvalue weighted by Gasteiger charge is -2.31. The number of anilines is 1. The van der Waals surface area contributed by atoms with Gasteiger partial charge >= 0.3 is 0 Å². The largest absolute Gasteiger partial charge is 0.398 e. The molecular weight excluding hydrogens is 276 g/mol. The predicted molar refractivity (Wildman–Crippen MR) is 79.0 cm³/mol. The van der Waals surface area contributed by atoms with Crippen molar-refractivity contribution in [3.8, 4) is 0 Å². The smallest absolute Gasteiger partial charge is 0.241 e. The van der Waals surface area contributed by atoms with Crippen LogP contribution >= 0.6 is 0 Å². The van der Waals surface area contributed by atoms with E-state index in [1.165, 1.54) is 0 Å². The fourth-order valence-corrected chi connectivity index (χ4v) is 4.36. The van der Waals surface area contributed by atoms with Gasteiger partial charge in [-0.25, -0.2) is 13.1 Å². The molecule has 4 N–H and O–H groups in total. The third-order valence-corrected chi connectivity index (χ3v) is 5.71. The molecule has 0 radical (unpaired) electrons. The minimum atomic E-state index is -3.56. The molecule has 0 saturated heterocycles. The fraction of sp³-hybridized carbons (Fsp3) is 0.571. The summed E-state index contributed by atoms with van der Waals surface area (Å²) in [6, 6.07) is 1.80. The van der Waals surface area contributed by atoms with E-state index in [1.54, 1.807) is 19.9 Å². The first-order valence-electron chi connectivity index (χ1n) is 6.76. The minimum absolute atomic E-state index is 0.225. The van der Waals surface area contributed by atoms with Gasteiger partial charge in [0.15, 0.2) is 0 Å². The normalized spacial score (nSPS) is 22.6. The highest BCUT2D eigenvalue weighted by molar-refractivity contribution is 7.89. The zero-order valence-corrected chi connectivity index (χ0v) is 12.9. The number of aryl methyl sites for hydroxylation is 2. The van der Waals surface area contributed by atoms with Crippen LogP contribution in [0.5, 0.6) is 0 Å². The van der Waals surface area contributed by atoms with Crippen LogP contribution in [0.3, 0.4) is 0 Å². The van der Waals surface area contributed by atoms with E-state index in [9.17, 15) is 13.5 Å². The monoisotopic (exact) mass is 298 g/mol. The van der Waals surface area contributed by atoms with Gasteiger partial charge in [-0.15, -0.1) is 0 Å². The number of nitrogen functional groups attached to an aromatic ring is 1. The number of hydrogen-bond donors (Lipinski definition) is 3. The number of rotatable bonds is 4. The molecule has 20 heavy (non-hydrogen) atoms. The fourth-order valence-electron chi connectivity index (χ4n) is 2.76. The highest BCUT2D eigenvalue weighted by Crippen LogP contribution is 2.29. The summed E-state index contributed by atoms with van der Waals surface area (Å²) in [4.78, 5) is 0.278. The van der Waals surface area contributed by atoms with E-state index in [-0.39, 0.29) is 16.9 Å². The van der Waals surface area contributed by atoms with E-state index < -0.39 is 10.0 Å². The topological polar surface area (TPSA) is 92.4 Å². The van der Waals surface area contributed by atoms with Crippen LogP contribution in [-0.4, -0.2) is 26.2 Å². The maximum absolute atomic E-state index is 12.4. The van der Waals surface area contributed by atoms with Gasteiger partial charge in [0, 0.05) is 12.2 Å². The van der Waals surface area contributed by atoms with Crippen molar-refractivity contribution in [1.82, 2.24) is 4.72 Å². The Bertz CT molecular complexity index is 620. The predicted octanol–water partition coefficient (Wildman–Crippen LogP) is 1.24. The Morgan fingerprint density at radius 2 is 1.90 bits per heavy atom. The second-order valence-corrected chi connectivity index (χ2v) is 7.43. The zero-order chi connectivity index (χ0) is 15.1. The molecule has 1 aliphatic rings. The molecule has 1 aromatic carbocycles. The second-order valence-electron chi connectivity index (χ2n) is 5.72. The molecule has 112 valence electrons. The first-order valence-corrected chi connectivity index (χ1v) is 8.24. The molecular formula is C14H22N2O3S. The molecule has 0 atom stereocenters. The number of nitrogens with one attached hydrogen (secondary N) is 1. The molecule has 2 rings (SSSR count). The van der Waals surface area contributed by atoms with Gasteiger partial charge in [-0.1, -0.05) is 6.07 Å². The number of nitrogens with two attached hydrogens (primary N) is 1. The van der Waals surface area contributed by atoms with Crippen LogP contribution in [0.15, 0.2) is 11.0 Å². The molecule has 0 unspecified atom stereocenters. The molecule has 0 aliphatic heterocycles. The molecule has 0 bridgehead atoms. The van der Waals surface area contributed by atoms with Crippen LogP contribution in [0.25, 0.3) is 0 Å². The van der Waals surface area contributed by atoms with Crippen molar-refractivity contribution in [1.29, 1.82) is 0 Å². The summed E-state index contributed by atoms with van der Waals surface area (Å²) in [5.41, 5.74) is 8.65. The molecule has 0 spiro atoms. The van der Waals surface area contributed by atoms with Gasteiger partial charge in [0.25, 0.3) is 0 Å². The van der Waals surface area contributed by atoms with E-state index >= 15 is 0 Å². The number of sulfonamides is 1. The lowest BCUT2D eigenvalue weighted by molar-refractivity contribution is 0.0453. The number of hydrogen-bond acceptors (Lipinski definition) is 4. The molecule has 0 heterocycles. The Kier molecular flexibility index (Phi) is 4.09. The Balaban J connectivity index is 2.23. The quantitative estimate of drug-likeness (QED) is 0.729. The molecule has 1 saturated carbocycles. The summed E-state index contributed by atoms with van der Waals surface area (Å²) in [6.07, 6.45) is 1.05. The molecule has 0 aromatic heterocycles. The van der Waals surface area contributed by atoms with Crippen LogP contribution in [0.2, 0.25) is 0 Å². The third-order valence-electron chi connectivity index (χ3n) is 4.00. The molecule has 6 heteroatoms. The molecule has 1 aromatic rings. The van der Waals surface area contributed by atoms with E-state index in [4.69, 9.17) is 5.73 Å². The summed E-state index contributed by atoms with van der Waals surface area (Å²) in [7, 11) is -3.56. The molecule has 0 amide bonds. The lowest BCUT2D eigenvalue weighted by Crippen LogP contribution is -2.38. The van der Waals surface area contributed by atoms with Crippen molar-refractivity contribution in [2.45, 2.75) is 44.6 Å². The van der Waals surface area contributed by atoms with Gasteiger partial charge in [-0.2, -0.15) is 0 Å². The average molecular weight is 298 g/mol. The summed E-state index contributed by atoms with van der Waals surface area (Å²) in [5.74, 6) is 0.225. The van der Waals surface area contributed by atoms with Crippen molar-refractivity contribution >= 4 is 15.7 Å². The van der Waals surface area contributed by atoms with Crippen LogP contribution in [0.4, 0.5) is 5.69 Å². The number of aliphatic hydroxyl groups is 1. The summed E-state index contributed by atoms with van der Waals surface area (Å²) in [6.45, 7) is 5.75. The Hall–Kier alpha value is -1.11. The highest BCUT2D eigenvalue weighted by Gasteiger charge is 2.29. The lowest BCUT2D eigenvalue weighted by atomic mass is 9.83. The van der Waals surface area contributed by atoms with Crippen molar-refractivity contribution in [3.63, 3.8) is 0 Å². The van der Waals surface area contributed by atoms with Gasteiger partial charge in [-0.05, 0) is 56.2 Å². The maximum Gasteiger partial charge on any atom is 0.241 e. The molecule has 1 aliphatic carbocycles. The summed E-state index contributed by atoms with van der Waals surface area (Å²) in [5, 5.41) is 9.23. The SMILES string of the molecule is Cc1cc(C)c(S(=O)(=O)NCC2CC(O)C2)c(C)c1N. The van der Waals surface area contributed by atoms with Crippen LogP contribution in [0.1, 0.15) is 29.5 Å². The van der Waals surface area contributed by atoms with Crippen molar-refractivity contribution in [2.75, 3.05) is 12.3 Å². The van der Waals surface area contributed by atoms with Crippen molar-refractivity contribution in [2.24, 2.45) is 5.92 Å². The van der Waals surface area contributed by atoms with Gasteiger partial charge in [-0.3, -0.25) is 0 Å². The van der Waals surface area contributed by atoms with Crippen molar-refractivity contribution in [3.05, 3.63) is 22.8 Å². The van der Waals surface area contributed by atoms with Gasteiger partial charge in [0.2, 0.25) is 10.0 Å². The maximum atomic E-state index is 12.4. The Morgan fingerprint density at radius 1 is 1.30 bits per heavy atom. The Labute approximate surface area is 120 Å². The second kappa shape index (κ2) is 5.35. The van der Waals surface area contributed by atoms with Gasteiger partial charge in [0.1, 0.15) is 0 Å². The van der Waals surface area contributed by atoms with E-state index in [1.807, 2.05) is 6.92 Å². The minimum Gasteiger partial charge on any atom is -0.398 e. The molecule has 5 nitrogen and oxygen atoms in total. The van der Waals surface area contributed by atoms with Crippen LogP contribution in [-0.2, 0) is 10.0 Å². The third kappa shape index (κ3) is 2.82. The first kappa shape index (κ1) is 15.3. The van der Waals surface area contributed by atoms with Gasteiger partial charge in [0.05, 0.1) is 11.0 Å². The summed E-state index contributed by atoms with van der Waals surface area (Å²) < 4.78 is 27.5. The Morgan fingerprint density at radius 3 is 2.45 bits per heavy atom. The average Bonchev–Trinajstić information content (AvgIpc) is 2.30.